The molecule has 86 valence electrons. The van der Waals surface area contributed by atoms with E-state index in [1.165, 1.54) is 19.1 Å². The van der Waals surface area contributed by atoms with Crippen LogP contribution in [0, 0.1) is 12.7 Å². The second kappa shape index (κ2) is 4.74. The van der Waals surface area contributed by atoms with Crippen molar-refractivity contribution in [3.05, 3.63) is 35.1 Å². The third-order valence-electron chi connectivity index (χ3n) is 2.15. The van der Waals surface area contributed by atoms with Crippen LogP contribution in [0.3, 0.4) is 0 Å². The number of halogens is 1. The smallest absolute Gasteiger partial charge is 0.325 e. The SMILES string of the molecule is Cc1cc(F)ccc1C(=O)NC(C)C(=O)O. The Morgan fingerprint density at radius 3 is 2.56 bits per heavy atom. The Bertz CT molecular complexity index is 431. The van der Waals surface area contributed by atoms with Crippen LogP contribution < -0.4 is 5.32 Å². The van der Waals surface area contributed by atoms with Gasteiger partial charge >= 0.3 is 5.97 Å². The molecule has 1 unspecified atom stereocenters. The van der Waals surface area contributed by atoms with Gasteiger partial charge in [0.1, 0.15) is 11.9 Å². The van der Waals surface area contributed by atoms with Crippen LogP contribution in [-0.2, 0) is 4.79 Å². The van der Waals surface area contributed by atoms with Crippen molar-refractivity contribution in [2.45, 2.75) is 19.9 Å². The van der Waals surface area contributed by atoms with Gasteiger partial charge in [-0.05, 0) is 37.6 Å². The van der Waals surface area contributed by atoms with Crippen molar-refractivity contribution in [3.8, 4) is 0 Å². The molecule has 0 aliphatic rings. The van der Waals surface area contributed by atoms with Crippen LogP contribution in [-0.4, -0.2) is 23.0 Å². The predicted octanol–water partition coefficient (Wildman–Crippen LogP) is 1.34. The molecule has 0 saturated heterocycles. The molecule has 0 bridgehead atoms. The molecule has 0 aliphatic heterocycles. The number of benzene rings is 1. The summed E-state index contributed by atoms with van der Waals surface area (Å²) in [5.74, 6) is -2.07. The zero-order valence-corrected chi connectivity index (χ0v) is 8.95. The largest absolute Gasteiger partial charge is 0.480 e. The predicted molar refractivity (Wildman–Crippen MR) is 55.7 cm³/mol. The van der Waals surface area contributed by atoms with Crippen LogP contribution in [0.5, 0.6) is 0 Å². The normalized spacial score (nSPS) is 11.9. The molecule has 0 aliphatic carbocycles. The number of carbonyl (C=O) groups excluding carboxylic acids is 1. The Morgan fingerprint density at radius 2 is 2.06 bits per heavy atom. The van der Waals surface area contributed by atoms with Crippen LogP contribution in [0.2, 0.25) is 0 Å². The van der Waals surface area contributed by atoms with Gasteiger partial charge < -0.3 is 10.4 Å². The zero-order valence-electron chi connectivity index (χ0n) is 8.95. The highest BCUT2D eigenvalue weighted by Crippen LogP contribution is 2.10. The number of hydrogen-bond acceptors (Lipinski definition) is 2. The zero-order chi connectivity index (χ0) is 12.3. The number of rotatable bonds is 3. The van der Waals surface area contributed by atoms with Gasteiger partial charge in [-0.15, -0.1) is 0 Å². The lowest BCUT2D eigenvalue weighted by atomic mass is 10.1. The molecule has 1 aromatic rings. The Labute approximate surface area is 92.1 Å². The summed E-state index contributed by atoms with van der Waals surface area (Å²) in [6.45, 7) is 2.95. The number of aliphatic carboxylic acids is 1. The van der Waals surface area contributed by atoms with Crippen LogP contribution >= 0.6 is 0 Å². The minimum atomic E-state index is -1.12. The molecule has 1 amide bonds. The molecule has 0 heterocycles. The Hall–Kier alpha value is -1.91. The Balaban J connectivity index is 2.85. The van der Waals surface area contributed by atoms with Gasteiger partial charge in [0, 0.05) is 5.56 Å². The average molecular weight is 225 g/mol. The van der Waals surface area contributed by atoms with E-state index in [0.29, 0.717) is 5.56 Å². The first-order valence-corrected chi connectivity index (χ1v) is 4.71. The molecule has 1 aromatic carbocycles. The first-order chi connectivity index (χ1) is 7.41. The van der Waals surface area contributed by atoms with E-state index in [-0.39, 0.29) is 5.56 Å². The maximum Gasteiger partial charge on any atom is 0.325 e. The van der Waals surface area contributed by atoms with Crippen molar-refractivity contribution >= 4 is 11.9 Å². The topological polar surface area (TPSA) is 66.4 Å². The van der Waals surface area contributed by atoms with Gasteiger partial charge in [0.15, 0.2) is 0 Å². The molecule has 0 saturated carbocycles. The fraction of sp³-hybridized carbons (Fsp3) is 0.273. The van der Waals surface area contributed by atoms with E-state index in [4.69, 9.17) is 5.11 Å². The van der Waals surface area contributed by atoms with E-state index < -0.39 is 23.7 Å². The lowest BCUT2D eigenvalue weighted by molar-refractivity contribution is -0.138. The van der Waals surface area contributed by atoms with Crippen molar-refractivity contribution in [2.75, 3.05) is 0 Å². The van der Waals surface area contributed by atoms with Crippen LogP contribution in [0.15, 0.2) is 18.2 Å². The maximum atomic E-state index is 12.8. The minimum absolute atomic E-state index is 0.273. The first-order valence-electron chi connectivity index (χ1n) is 4.71. The second-order valence-corrected chi connectivity index (χ2v) is 3.49. The van der Waals surface area contributed by atoms with E-state index in [0.717, 1.165) is 6.07 Å². The molecule has 16 heavy (non-hydrogen) atoms. The minimum Gasteiger partial charge on any atom is -0.480 e. The highest BCUT2D eigenvalue weighted by molar-refractivity contribution is 5.97. The lowest BCUT2D eigenvalue weighted by Crippen LogP contribution is -2.38. The van der Waals surface area contributed by atoms with Crippen LogP contribution in [0.4, 0.5) is 4.39 Å². The van der Waals surface area contributed by atoms with E-state index >= 15 is 0 Å². The van der Waals surface area contributed by atoms with Crippen LogP contribution in [0.1, 0.15) is 22.8 Å². The molecule has 0 fully saturated rings. The van der Waals surface area contributed by atoms with Crippen molar-refractivity contribution in [3.63, 3.8) is 0 Å². The number of carboxylic acids is 1. The van der Waals surface area contributed by atoms with Crippen molar-refractivity contribution in [1.29, 1.82) is 0 Å². The number of carbonyl (C=O) groups is 2. The number of aryl methyl sites for hydroxylation is 1. The number of hydrogen-bond donors (Lipinski definition) is 2. The van der Waals surface area contributed by atoms with Gasteiger partial charge in [-0.3, -0.25) is 9.59 Å². The van der Waals surface area contributed by atoms with E-state index in [2.05, 4.69) is 5.32 Å². The first kappa shape index (κ1) is 12.2. The number of carboxylic acid groups (broad SMARTS) is 1. The van der Waals surface area contributed by atoms with Crippen molar-refractivity contribution < 1.29 is 19.1 Å². The molecule has 0 aromatic heterocycles. The molecule has 4 nitrogen and oxygen atoms in total. The van der Waals surface area contributed by atoms with E-state index in [9.17, 15) is 14.0 Å². The lowest BCUT2D eigenvalue weighted by Gasteiger charge is -2.10. The molecular weight excluding hydrogens is 213 g/mol. The summed E-state index contributed by atoms with van der Waals surface area (Å²) in [5.41, 5.74) is 0.740. The van der Waals surface area contributed by atoms with Crippen LogP contribution in [0.25, 0.3) is 0 Å². The maximum absolute atomic E-state index is 12.8. The average Bonchev–Trinajstić information content (AvgIpc) is 2.16. The molecule has 1 atom stereocenters. The van der Waals surface area contributed by atoms with E-state index in [1.54, 1.807) is 6.92 Å². The summed E-state index contributed by atoms with van der Waals surface area (Å²) in [7, 11) is 0. The monoisotopic (exact) mass is 225 g/mol. The Kier molecular flexibility index (Phi) is 3.60. The standard InChI is InChI=1S/C11H12FNO3/c1-6-5-8(12)3-4-9(6)10(14)13-7(2)11(15)16/h3-5,7H,1-2H3,(H,13,14)(H,15,16). The van der Waals surface area contributed by atoms with Gasteiger partial charge in [-0.25, -0.2) is 4.39 Å². The molecule has 2 N–H and O–H groups in total. The van der Waals surface area contributed by atoms with Gasteiger partial charge in [0.25, 0.3) is 5.91 Å². The van der Waals surface area contributed by atoms with Gasteiger partial charge in [-0.2, -0.15) is 0 Å². The molecule has 0 radical (unpaired) electrons. The number of amides is 1. The highest BCUT2D eigenvalue weighted by atomic mass is 19.1. The van der Waals surface area contributed by atoms with Gasteiger partial charge in [-0.1, -0.05) is 0 Å². The van der Waals surface area contributed by atoms with Crippen molar-refractivity contribution in [1.82, 2.24) is 5.32 Å². The molecule has 1 rings (SSSR count). The highest BCUT2D eigenvalue weighted by Gasteiger charge is 2.16. The van der Waals surface area contributed by atoms with Gasteiger partial charge in [0.05, 0.1) is 0 Å². The third-order valence-corrected chi connectivity index (χ3v) is 2.15. The summed E-state index contributed by atoms with van der Waals surface area (Å²) in [6.07, 6.45) is 0. The second-order valence-electron chi connectivity index (χ2n) is 3.49. The number of nitrogens with one attached hydrogen (secondary N) is 1. The summed E-state index contributed by atoms with van der Waals surface area (Å²) in [4.78, 5) is 22.1. The van der Waals surface area contributed by atoms with Gasteiger partial charge in [0.2, 0.25) is 0 Å². The molecule has 5 heteroatoms. The quantitative estimate of drug-likeness (QED) is 0.815. The fourth-order valence-electron chi connectivity index (χ4n) is 1.22. The molecular formula is C11H12FNO3. The van der Waals surface area contributed by atoms with E-state index in [1.807, 2.05) is 0 Å². The Morgan fingerprint density at radius 1 is 1.44 bits per heavy atom. The molecule has 0 spiro atoms. The summed E-state index contributed by atoms with van der Waals surface area (Å²) in [6, 6.07) is 2.74. The fourth-order valence-corrected chi connectivity index (χ4v) is 1.22. The summed E-state index contributed by atoms with van der Waals surface area (Å²) < 4.78 is 12.8. The van der Waals surface area contributed by atoms with Crippen molar-refractivity contribution in [2.24, 2.45) is 0 Å². The third kappa shape index (κ3) is 2.79. The summed E-state index contributed by atoms with van der Waals surface area (Å²) >= 11 is 0. The summed E-state index contributed by atoms with van der Waals surface area (Å²) in [5, 5.41) is 10.9.